The molecule has 2 heterocycles. The fourth-order valence-corrected chi connectivity index (χ4v) is 3.04. The van der Waals surface area contributed by atoms with Crippen molar-refractivity contribution in [1.82, 2.24) is 10.2 Å². The summed E-state index contributed by atoms with van der Waals surface area (Å²) in [5, 5.41) is 3.38. The zero-order valence-corrected chi connectivity index (χ0v) is 12.8. The van der Waals surface area contributed by atoms with Crippen LogP contribution in [-0.4, -0.2) is 44.3 Å². The summed E-state index contributed by atoms with van der Waals surface area (Å²) < 4.78 is 12.6. The molecule has 1 N–H and O–H groups in total. The number of piperazine rings is 1. The van der Waals surface area contributed by atoms with Crippen molar-refractivity contribution in [3.8, 4) is 11.5 Å². The molecule has 1 fully saturated rings. The molecule has 2 aliphatic heterocycles. The van der Waals surface area contributed by atoms with Crippen molar-refractivity contribution in [2.45, 2.75) is 13.5 Å². The van der Waals surface area contributed by atoms with Gasteiger partial charge in [-0.2, -0.15) is 0 Å². The Morgan fingerprint density at radius 3 is 2.79 bits per heavy atom. The van der Waals surface area contributed by atoms with Crippen LogP contribution in [0.2, 0.25) is 0 Å². The molecule has 1 saturated heterocycles. The van der Waals surface area contributed by atoms with Crippen molar-refractivity contribution in [3.05, 3.63) is 21.7 Å². The first-order valence-electron chi connectivity index (χ1n) is 6.76. The lowest BCUT2D eigenvalue weighted by molar-refractivity contribution is 0.164. The molecule has 104 valence electrons. The average Bonchev–Trinajstić information content (AvgIpc) is 2.45. The van der Waals surface area contributed by atoms with E-state index in [4.69, 9.17) is 9.47 Å². The number of rotatable bonds is 2. The molecule has 3 rings (SSSR count). The van der Waals surface area contributed by atoms with Gasteiger partial charge in [-0.25, -0.2) is 0 Å². The maximum atomic E-state index is 5.84. The number of benzene rings is 1. The quantitative estimate of drug-likeness (QED) is 0.900. The van der Waals surface area contributed by atoms with Gasteiger partial charge in [-0.1, -0.05) is 15.9 Å². The van der Waals surface area contributed by atoms with Gasteiger partial charge in [0, 0.05) is 42.8 Å². The van der Waals surface area contributed by atoms with Gasteiger partial charge < -0.3 is 14.8 Å². The van der Waals surface area contributed by atoms with Crippen LogP contribution in [0.25, 0.3) is 0 Å². The molecule has 0 unspecified atom stereocenters. The van der Waals surface area contributed by atoms with E-state index in [1.165, 1.54) is 11.1 Å². The summed E-state index contributed by atoms with van der Waals surface area (Å²) in [4.78, 5) is 2.46. The van der Waals surface area contributed by atoms with Crippen LogP contribution in [0.4, 0.5) is 0 Å². The first kappa shape index (κ1) is 13.2. The molecule has 2 aliphatic rings. The van der Waals surface area contributed by atoms with Crippen molar-refractivity contribution >= 4 is 15.9 Å². The number of halogens is 1. The lowest BCUT2D eigenvalue weighted by Crippen LogP contribution is -2.43. The number of hydrogen-bond acceptors (Lipinski definition) is 4. The summed E-state index contributed by atoms with van der Waals surface area (Å²) in [7, 11) is 0. The molecule has 19 heavy (non-hydrogen) atoms. The van der Waals surface area contributed by atoms with Crippen LogP contribution in [-0.2, 0) is 6.54 Å². The molecule has 5 heteroatoms. The van der Waals surface area contributed by atoms with E-state index in [9.17, 15) is 0 Å². The smallest absolute Gasteiger partial charge is 0.166 e. The molecule has 0 aliphatic carbocycles. The van der Waals surface area contributed by atoms with E-state index in [1.54, 1.807) is 0 Å². The number of nitrogens with zero attached hydrogens (tertiary/aromatic N) is 1. The highest BCUT2D eigenvalue weighted by atomic mass is 79.9. The van der Waals surface area contributed by atoms with Crippen molar-refractivity contribution in [3.63, 3.8) is 0 Å². The summed E-state index contributed by atoms with van der Waals surface area (Å²) in [6, 6.07) is 2.02. The van der Waals surface area contributed by atoms with Crippen LogP contribution < -0.4 is 14.8 Å². The number of ether oxygens (including phenoxy) is 2. The second kappa shape index (κ2) is 5.69. The van der Waals surface area contributed by atoms with Gasteiger partial charge in [0.1, 0.15) is 13.2 Å². The Labute approximate surface area is 122 Å². The molecular formula is C14H19BrN2O2. The zero-order chi connectivity index (χ0) is 13.2. The predicted molar refractivity (Wildman–Crippen MR) is 78.0 cm³/mol. The van der Waals surface area contributed by atoms with E-state index in [0.717, 1.165) is 48.7 Å². The molecule has 4 nitrogen and oxygen atoms in total. The van der Waals surface area contributed by atoms with Gasteiger partial charge in [-0.15, -0.1) is 0 Å². The lowest BCUT2D eigenvalue weighted by atomic mass is 10.1. The minimum atomic E-state index is 0.634. The minimum Gasteiger partial charge on any atom is -0.486 e. The zero-order valence-electron chi connectivity index (χ0n) is 11.2. The maximum Gasteiger partial charge on any atom is 0.166 e. The summed E-state index contributed by atoms with van der Waals surface area (Å²) in [6.45, 7) is 8.64. The van der Waals surface area contributed by atoms with Gasteiger partial charge >= 0.3 is 0 Å². The molecule has 1 aromatic carbocycles. The van der Waals surface area contributed by atoms with Crippen LogP contribution in [0.3, 0.4) is 0 Å². The van der Waals surface area contributed by atoms with Gasteiger partial charge in [0.25, 0.3) is 0 Å². The van der Waals surface area contributed by atoms with E-state index in [1.807, 2.05) is 6.07 Å². The third-order valence-corrected chi connectivity index (χ3v) is 4.57. The van der Waals surface area contributed by atoms with E-state index >= 15 is 0 Å². The average molecular weight is 327 g/mol. The Morgan fingerprint density at radius 2 is 2.00 bits per heavy atom. The predicted octanol–water partition coefficient (Wildman–Crippen LogP) is 1.93. The number of fused-ring (bicyclic) bond motifs is 1. The van der Waals surface area contributed by atoms with Crippen LogP contribution in [0, 0.1) is 6.92 Å². The fraction of sp³-hybridized carbons (Fsp3) is 0.571. The molecule has 0 radical (unpaired) electrons. The molecule has 0 bridgehead atoms. The van der Waals surface area contributed by atoms with Gasteiger partial charge in [0.15, 0.2) is 11.5 Å². The van der Waals surface area contributed by atoms with Crippen molar-refractivity contribution < 1.29 is 9.47 Å². The SMILES string of the molecule is Cc1c(Br)cc2c(c1CN1CCNCC1)OCCO2. The van der Waals surface area contributed by atoms with E-state index in [2.05, 4.69) is 33.1 Å². The first-order chi connectivity index (χ1) is 9.25. The largest absolute Gasteiger partial charge is 0.486 e. The Morgan fingerprint density at radius 1 is 1.26 bits per heavy atom. The van der Waals surface area contributed by atoms with Crippen LogP contribution in [0.15, 0.2) is 10.5 Å². The van der Waals surface area contributed by atoms with Crippen LogP contribution >= 0.6 is 15.9 Å². The Balaban J connectivity index is 1.91. The summed E-state index contributed by atoms with van der Waals surface area (Å²) >= 11 is 3.62. The first-order valence-corrected chi connectivity index (χ1v) is 7.55. The fourth-order valence-electron chi connectivity index (χ4n) is 2.60. The summed E-state index contributed by atoms with van der Waals surface area (Å²) in [6.07, 6.45) is 0. The van der Waals surface area contributed by atoms with Gasteiger partial charge in [-0.3, -0.25) is 4.90 Å². The van der Waals surface area contributed by atoms with E-state index in [0.29, 0.717) is 13.2 Å². The molecule has 0 aromatic heterocycles. The lowest BCUT2D eigenvalue weighted by Gasteiger charge is -2.30. The molecule has 0 atom stereocenters. The molecule has 0 spiro atoms. The second-order valence-corrected chi connectivity index (χ2v) is 5.87. The van der Waals surface area contributed by atoms with Gasteiger partial charge in [0.2, 0.25) is 0 Å². The highest BCUT2D eigenvalue weighted by Gasteiger charge is 2.22. The third kappa shape index (κ3) is 2.73. The molecule has 0 amide bonds. The third-order valence-electron chi connectivity index (χ3n) is 3.75. The minimum absolute atomic E-state index is 0.634. The Hall–Kier alpha value is -0.780. The monoisotopic (exact) mass is 326 g/mol. The highest BCUT2D eigenvalue weighted by molar-refractivity contribution is 9.10. The van der Waals surface area contributed by atoms with Crippen LogP contribution in [0.1, 0.15) is 11.1 Å². The number of nitrogens with one attached hydrogen (secondary N) is 1. The van der Waals surface area contributed by atoms with E-state index < -0.39 is 0 Å². The standard InChI is InChI=1S/C14H19BrN2O2/c1-10-11(9-17-4-2-16-3-5-17)14-13(8-12(10)15)18-6-7-19-14/h8,16H,2-7,9H2,1H3. The maximum absolute atomic E-state index is 5.84. The highest BCUT2D eigenvalue weighted by Crippen LogP contribution is 2.40. The number of hydrogen-bond donors (Lipinski definition) is 1. The van der Waals surface area contributed by atoms with Crippen molar-refractivity contribution in [2.24, 2.45) is 0 Å². The second-order valence-electron chi connectivity index (χ2n) is 5.01. The van der Waals surface area contributed by atoms with Gasteiger partial charge in [0.05, 0.1) is 0 Å². The normalized spacial score (nSPS) is 19.5. The van der Waals surface area contributed by atoms with Crippen molar-refractivity contribution in [2.75, 3.05) is 39.4 Å². The Kier molecular flexibility index (Phi) is 3.96. The topological polar surface area (TPSA) is 33.7 Å². The molecular weight excluding hydrogens is 308 g/mol. The summed E-state index contributed by atoms with van der Waals surface area (Å²) in [5.74, 6) is 1.80. The molecule has 0 saturated carbocycles. The van der Waals surface area contributed by atoms with Crippen molar-refractivity contribution in [1.29, 1.82) is 0 Å². The summed E-state index contributed by atoms with van der Waals surface area (Å²) in [5.41, 5.74) is 2.51. The molecule has 1 aromatic rings. The van der Waals surface area contributed by atoms with Gasteiger partial charge in [-0.05, 0) is 18.6 Å². The Bertz CT molecular complexity index is 473. The van der Waals surface area contributed by atoms with Crippen LogP contribution in [0.5, 0.6) is 11.5 Å². The van der Waals surface area contributed by atoms with E-state index in [-0.39, 0.29) is 0 Å².